The maximum absolute atomic E-state index is 12.5. The summed E-state index contributed by atoms with van der Waals surface area (Å²) in [6.45, 7) is 0. The van der Waals surface area contributed by atoms with Gasteiger partial charge in [0.05, 0.1) is 26.5 Å². The highest BCUT2D eigenvalue weighted by Crippen LogP contribution is 2.37. The third-order valence-electron chi connectivity index (χ3n) is 3.83. The monoisotopic (exact) mass is 343 g/mol. The van der Waals surface area contributed by atoms with Gasteiger partial charge in [-0.1, -0.05) is 12.8 Å². The average Bonchev–Trinajstić information content (AvgIpc) is 2.99. The van der Waals surface area contributed by atoms with Crippen molar-refractivity contribution < 1.29 is 22.7 Å². The highest BCUT2D eigenvalue weighted by Gasteiger charge is 2.36. The fraction of sp³-hybridized carbons (Fsp3) is 0.643. The number of ether oxygens (including phenoxy) is 2. The molecule has 23 heavy (non-hydrogen) atoms. The first-order chi connectivity index (χ1) is 10.8. The smallest absolute Gasteiger partial charge is 0.244 e. The van der Waals surface area contributed by atoms with Crippen LogP contribution in [0.15, 0.2) is 6.07 Å². The first-order valence-corrected chi connectivity index (χ1v) is 9.21. The number of carbonyl (C=O) groups is 1. The lowest BCUT2D eigenvalue weighted by Crippen LogP contribution is -2.37. The third-order valence-corrected chi connectivity index (χ3v) is 4.40. The van der Waals surface area contributed by atoms with Crippen LogP contribution in [0, 0.1) is 5.92 Å². The number of hydrogen-bond donors (Lipinski definition) is 1. The highest BCUT2D eigenvalue weighted by molar-refractivity contribution is 7.89. The molecule has 8 nitrogen and oxygen atoms in total. The molecule has 1 saturated carbocycles. The molecule has 9 heteroatoms. The fourth-order valence-corrected chi connectivity index (χ4v) is 3.34. The Labute approximate surface area is 135 Å². The largest absolute Gasteiger partial charge is 0.481 e. The van der Waals surface area contributed by atoms with E-state index in [2.05, 4.69) is 9.97 Å². The zero-order chi connectivity index (χ0) is 17.0. The summed E-state index contributed by atoms with van der Waals surface area (Å²) >= 11 is 0. The second-order valence-electron chi connectivity index (χ2n) is 5.57. The molecule has 128 valence electrons. The molecular weight excluding hydrogens is 322 g/mol. The molecule has 1 heterocycles. The maximum Gasteiger partial charge on any atom is 0.244 e. The summed E-state index contributed by atoms with van der Waals surface area (Å²) in [5, 5.41) is 0. The minimum absolute atomic E-state index is 0.00596. The van der Waals surface area contributed by atoms with Crippen molar-refractivity contribution in [2.75, 3.05) is 20.5 Å². The lowest BCUT2D eigenvalue weighted by molar-refractivity contribution is -0.122. The molecule has 0 radical (unpaired) electrons. The van der Waals surface area contributed by atoms with Gasteiger partial charge in [0, 0.05) is 0 Å². The van der Waals surface area contributed by atoms with Crippen molar-refractivity contribution in [1.82, 2.24) is 14.7 Å². The summed E-state index contributed by atoms with van der Waals surface area (Å²) in [6.07, 6.45) is 4.59. The molecule has 0 saturated heterocycles. The quantitative estimate of drug-likeness (QED) is 0.815. The lowest BCUT2D eigenvalue weighted by atomic mass is 9.89. The van der Waals surface area contributed by atoms with Crippen LogP contribution in [-0.4, -0.2) is 44.8 Å². The van der Waals surface area contributed by atoms with E-state index in [0.29, 0.717) is 0 Å². The number of nitrogens with zero attached hydrogens (tertiary/aromatic N) is 2. The van der Waals surface area contributed by atoms with E-state index in [1.807, 2.05) is 4.72 Å². The van der Waals surface area contributed by atoms with Crippen molar-refractivity contribution in [2.45, 2.75) is 31.6 Å². The zero-order valence-corrected chi connectivity index (χ0v) is 14.2. The Morgan fingerprint density at radius 2 is 1.74 bits per heavy atom. The van der Waals surface area contributed by atoms with Crippen molar-refractivity contribution in [3.8, 4) is 11.8 Å². The minimum Gasteiger partial charge on any atom is -0.481 e. The van der Waals surface area contributed by atoms with Gasteiger partial charge in [0.1, 0.15) is 11.7 Å². The molecule has 1 unspecified atom stereocenters. The van der Waals surface area contributed by atoms with Crippen LogP contribution in [0.5, 0.6) is 11.8 Å². The number of rotatable bonds is 6. The Hall–Kier alpha value is -1.90. The van der Waals surface area contributed by atoms with Crippen LogP contribution in [0.2, 0.25) is 0 Å². The summed E-state index contributed by atoms with van der Waals surface area (Å²) < 4.78 is 35.1. The minimum atomic E-state index is -3.65. The molecule has 1 N–H and O–H groups in total. The van der Waals surface area contributed by atoms with Gasteiger partial charge in [-0.25, -0.2) is 8.42 Å². The van der Waals surface area contributed by atoms with Gasteiger partial charge >= 0.3 is 0 Å². The molecule has 1 amide bonds. The second-order valence-corrected chi connectivity index (χ2v) is 7.32. The van der Waals surface area contributed by atoms with Crippen molar-refractivity contribution in [3.05, 3.63) is 11.9 Å². The third kappa shape index (κ3) is 4.54. The Balaban J connectivity index is 2.42. The zero-order valence-electron chi connectivity index (χ0n) is 13.4. The maximum atomic E-state index is 12.5. The number of nitrogens with one attached hydrogen (secondary N) is 1. The van der Waals surface area contributed by atoms with Crippen LogP contribution in [0.1, 0.15) is 37.4 Å². The molecule has 0 bridgehead atoms. The fourth-order valence-electron chi connectivity index (χ4n) is 2.85. The molecule has 2 rings (SSSR count). The SMILES string of the molecule is COc1cc(OC)nc(C(C(=O)NS(C)(=O)=O)C2CCCC2)n1. The van der Waals surface area contributed by atoms with Crippen LogP contribution in [0.3, 0.4) is 0 Å². The van der Waals surface area contributed by atoms with Gasteiger partial charge in [-0.2, -0.15) is 9.97 Å². The first kappa shape index (κ1) is 17.5. The molecule has 1 aromatic heterocycles. The Morgan fingerprint density at radius 3 is 2.17 bits per heavy atom. The lowest BCUT2D eigenvalue weighted by Gasteiger charge is -2.21. The van der Waals surface area contributed by atoms with Crippen LogP contribution in [0.4, 0.5) is 0 Å². The second kappa shape index (κ2) is 7.12. The van der Waals surface area contributed by atoms with Crippen molar-refractivity contribution >= 4 is 15.9 Å². The van der Waals surface area contributed by atoms with Gasteiger partial charge in [-0.05, 0) is 18.8 Å². The van der Waals surface area contributed by atoms with E-state index in [4.69, 9.17) is 9.47 Å². The number of aromatic nitrogens is 2. The molecule has 1 aliphatic carbocycles. The summed E-state index contributed by atoms with van der Waals surface area (Å²) in [7, 11) is -0.753. The van der Waals surface area contributed by atoms with Gasteiger partial charge in [0.15, 0.2) is 0 Å². The van der Waals surface area contributed by atoms with Gasteiger partial charge in [-0.15, -0.1) is 0 Å². The topological polar surface area (TPSA) is 107 Å². The van der Waals surface area contributed by atoms with E-state index in [9.17, 15) is 13.2 Å². The highest BCUT2D eigenvalue weighted by atomic mass is 32.2. The number of amides is 1. The Morgan fingerprint density at radius 1 is 1.22 bits per heavy atom. The van der Waals surface area contributed by atoms with Crippen molar-refractivity contribution in [1.29, 1.82) is 0 Å². The molecular formula is C14H21N3O5S. The Kier molecular flexibility index (Phi) is 5.40. The van der Waals surface area contributed by atoms with Crippen LogP contribution >= 0.6 is 0 Å². The van der Waals surface area contributed by atoms with E-state index in [1.165, 1.54) is 20.3 Å². The average molecular weight is 343 g/mol. The van der Waals surface area contributed by atoms with Crippen molar-refractivity contribution in [2.24, 2.45) is 5.92 Å². The molecule has 1 aromatic rings. The number of hydrogen-bond acceptors (Lipinski definition) is 7. The molecule has 0 spiro atoms. The summed E-state index contributed by atoms with van der Waals surface area (Å²) in [4.78, 5) is 20.9. The van der Waals surface area contributed by atoms with Gasteiger partial charge in [0.2, 0.25) is 27.7 Å². The molecule has 1 atom stereocenters. The van der Waals surface area contributed by atoms with Crippen LogP contribution in [-0.2, 0) is 14.8 Å². The molecule has 0 aromatic carbocycles. The van der Waals surface area contributed by atoms with E-state index >= 15 is 0 Å². The van der Waals surface area contributed by atoms with E-state index < -0.39 is 21.8 Å². The number of carbonyl (C=O) groups excluding carboxylic acids is 1. The standard InChI is InChI=1S/C14H21N3O5S/c1-21-10-8-11(22-2)16-13(15-10)12(9-6-4-5-7-9)14(18)17-23(3,19)20/h8-9,12H,4-7H2,1-3H3,(H,17,18). The summed E-state index contributed by atoms with van der Waals surface area (Å²) in [6, 6.07) is 1.50. The summed E-state index contributed by atoms with van der Waals surface area (Å²) in [5.74, 6) is -0.627. The van der Waals surface area contributed by atoms with Crippen LogP contribution < -0.4 is 14.2 Å². The normalized spacial score (nSPS) is 16.8. The Bertz CT molecular complexity index is 649. The molecule has 1 aliphatic rings. The van der Waals surface area contributed by atoms with Crippen molar-refractivity contribution in [3.63, 3.8) is 0 Å². The first-order valence-electron chi connectivity index (χ1n) is 7.32. The predicted octanol–water partition coefficient (Wildman–Crippen LogP) is 0.843. The van der Waals surface area contributed by atoms with E-state index in [1.54, 1.807) is 0 Å². The van der Waals surface area contributed by atoms with E-state index in [-0.39, 0.29) is 23.5 Å². The van der Waals surface area contributed by atoms with Gasteiger partial charge in [0.25, 0.3) is 0 Å². The van der Waals surface area contributed by atoms with Gasteiger partial charge in [-0.3, -0.25) is 9.52 Å². The number of methoxy groups -OCH3 is 2. The number of sulfonamides is 1. The summed E-state index contributed by atoms with van der Waals surface area (Å²) in [5.41, 5.74) is 0. The van der Waals surface area contributed by atoms with E-state index in [0.717, 1.165) is 31.9 Å². The molecule has 1 fully saturated rings. The molecule has 0 aliphatic heterocycles. The van der Waals surface area contributed by atoms with Gasteiger partial charge < -0.3 is 9.47 Å². The van der Waals surface area contributed by atoms with Crippen LogP contribution in [0.25, 0.3) is 0 Å². The predicted molar refractivity (Wildman–Crippen MR) is 82.8 cm³/mol.